The number of rotatable bonds is 5. The molecule has 1 aromatic carbocycles. The van der Waals surface area contributed by atoms with E-state index in [4.69, 9.17) is 18.9 Å². The Balaban J connectivity index is 1.73. The molecule has 2 aromatic rings. The zero-order valence-corrected chi connectivity index (χ0v) is 15.0. The number of carbonyl (C=O) groups is 2. The first-order valence-corrected chi connectivity index (χ1v) is 8.56. The summed E-state index contributed by atoms with van der Waals surface area (Å²) in [5, 5.41) is 0. The first-order chi connectivity index (χ1) is 12.0. The average Bonchev–Trinajstić information content (AvgIpc) is 2.96. The van der Waals surface area contributed by atoms with E-state index in [0.29, 0.717) is 36.0 Å². The molecule has 132 valence electrons. The first-order valence-electron chi connectivity index (χ1n) is 7.74. The van der Waals surface area contributed by atoms with Crippen LogP contribution in [0.3, 0.4) is 0 Å². The molecule has 0 bridgehead atoms. The molecule has 0 fully saturated rings. The molecule has 0 atom stereocenters. The predicted octanol–water partition coefficient (Wildman–Crippen LogP) is 3.18. The summed E-state index contributed by atoms with van der Waals surface area (Å²) in [5.41, 5.74) is 0.835. The lowest BCUT2D eigenvalue weighted by molar-refractivity contribution is 0.0473. The molecule has 0 N–H and O–H groups in total. The number of methoxy groups -OCH3 is 1. The summed E-state index contributed by atoms with van der Waals surface area (Å²) in [5.74, 6) is 0.437. The van der Waals surface area contributed by atoms with Gasteiger partial charge in [-0.1, -0.05) is 0 Å². The van der Waals surface area contributed by atoms with Gasteiger partial charge in [0.2, 0.25) is 11.5 Å². The first kappa shape index (κ1) is 17.3. The van der Waals surface area contributed by atoms with Gasteiger partial charge in [-0.05, 0) is 32.0 Å². The zero-order valence-electron chi connectivity index (χ0n) is 14.2. The van der Waals surface area contributed by atoms with Gasteiger partial charge in [0.15, 0.2) is 18.1 Å². The second-order valence-corrected chi connectivity index (χ2v) is 6.99. The normalized spacial score (nSPS) is 12.6. The van der Waals surface area contributed by atoms with Crippen molar-refractivity contribution in [2.45, 2.75) is 13.8 Å². The van der Waals surface area contributed by atoms with E-state index in [2.05, 4.69) is 0 Å². The lowest BCUT2D eigenvalue weighted by Gasteiger charge is -2.21. The van der Waals surface area contributed by atoms with Gasteiger partial charge in [0, 0.05) is 15.3 Å². The molecule has 0 radical (unpaired) electrons. The van der Waals surface area contributed by atoms with E-state index in [9.17, 15) is 9.59 Å². The van der Waals surface area contributed by atoms with E-state index >= 15 is 0 Å². The van der Waals surface area contributed by atoms with Gasteiger partial charge in [-0.25, -0.2) is 4.79 Å². The van der Waals surface area contributed by atoms with Gasteiger partial charge in [-0.3, -0.25) is 4.79 Å². The highest BCUT2D eigenvalue weighted by Gasteiger charge is 2.22. The number of hydrogen-bond acceptors (Lipinski definition) is 7. The lowest BCUT2D eigenvalue weighted by atomic mass is 10.1. The number of esters is 1. The molecular weight excluding hydrogens is 344 g/mol. The minimum Gasteiger partial charge on any atom is -0.493 e. The molecule has 2 heterocycles. The van der Waals surface area contributed by atoms with Gasteiger partial charge in [-0.2, -0.15) is 0 Å². The maximum absolute atomic E-state index is 12.3. The van der Waals surface area contributed by atoms with Crippen LogP contribution in [0, 0.1) is 13.8 Å². The number of carbonyl (C=O) groups excluding carboxylic acids is 2. The van der Waals surface area contributed by atoms with E-state index in [1.54, 1.807) is 11.3 Å². The molecule has 3 rings (SSSR count). The monoisotopic (exact) mass is 362 g/mol. The molecule has 1 aliphatic heterocycles. The lowest BCUT2D eigenvalue weighted by Crippen LogP contribution is -2.18. The van der Waals surface area contributed by atoms with Crippen LogP contribution >= 0.6 is 11.3 Å². The minimum absolute atomic E-state index is 0.222. The van der Waals surface area contributed by atoms with Gasteiger partial charge >= 0.3 is 5.97 Å². The fraction of sp³-hybridized carbons (Fsp3) is 0.333. The quantitative estimate of drug-likeness (QED) is 0.601. The molecule has 1 aliphatic rings. The minimum atomic E-state index is -0.617. The van der Waals surface area contributed by atoms with Gasteiger partial charge in [0.25, 0.3) is 0 Å². The molecule has 25 heavy (non-hydrogen) atoms. The van der Waals surface area contributed by atoms with Gasteiger partial charge < -0.3 is 18.9 Å². The standard InChI is InChI=1S/C18H18O6S/c1-10-6-13(11(2)25-10)14(19)9-24-18(20)12-7-15(21-3)17-16(8-12)22-4-5-23-17/h6-8H,4-5,9H2,1-3H3. The Morgan fingerprint density at radius 1 is 1.16 bits per heavy atom. The average molecular weight is 362 g/mol. The Morgan fingerprint density at radius 2 is 1.92 bits per heavy atom. The molecule has 7 heteroatoms. The largest absolute Gasteiger partial charge is 0.493 e. The predicted molar refractivity (Wildman–Crippen MR) is 92.4 cm³/mol. The highest BCUT2D eigenvalue weighted by Crippen LogP contribution is 2.40. The molecule has 0 amide bonds. The fourth-order valence-electron chi connectivity index (χ4n) is 2.59. The van der Waals surface area contributed by atoms with Crippen molar-refractivity contribution in [2.24, 2.45) is 0 Å². The van der Waals surface area contributed by atoms with E-state index in [-0.39, 0.29) is 18.0 Å². The Labute approximate surface area is 149 Å². The van der Waals surface area contributed by atoms with Crippen molar-refractivity contribution in [3.63, 3.8) is 0 Å². The van der Waals surface area contributed by atoms with Crippen LogP contribution in [-0.2, 0) is 4.74 Å². The van der Waals surface area contributed by atoms with Crippen molar-refractivity contribution >= 4 is 23.1 Å². The van der Waals surface area contributed by atoms with Crippen molar-refractivity contribution in [3.05, 3.63) is 39.1 Å². The highest BCUT2D eigenvalue weighted by atomic mass is 32.1. The van der Waals surface area contributed by atoms with Crippen LogP contribution < -0.4 is 14.2 Å². The Hall–Kier alpha value is -2.54. The zero-order chi connectivity index (χ0) is 18.0. The van der Waals surface area contributed by atoms with Crippen LogP contribution in [-0.4, -0.2) is 38.7 Å². The summed E-state index contributed by atoms with van der Waals surface area (Å²) in [6.45, 7) is 4.30. The number of ether oxygens (including phenoxy) is 4. The van der Waals surface area contributed by atoms with Crippen molar-refractivity contribution in [1.82, 2.24) is 0 Å². The maximum Gasteiger partial charge on any atom is 0.338 e. The van der Waals surface area contributed by atoms with E-state index in [1.165, 1.54) is 19.2 Å². The second-order valence-electron chi connectivity index (χ2n) is 5.53. The molecule has 0 spiro atoms. The van der Waals surface area contributed by atoms with E-state index in [0.717, 1.165) is 9.75 Å². The Morgan fingerprint density at radius 3 is 2.60 bits per heavy atom. The van der Waals surface area contributed by atoms with Crippen molar-refractivity contribution in [1.29, 1.82) is 0 Å². The Bertz CT molecular complexity index is 806. The summed E-state index contributed by atoms with van der Waals surface area (Å²) >= 11 is 1.54. The van der Waals surface area contributed by atoms with Gasteiger partial charge in [-0.15, -0.1) is 11.3 Å². The van der Waals surface area contributed by atoms with Crippen LogP contribution in [0.5, 0.6) is 17.2 Å². The van der Waals surface area contributed by atoms with Crippen LogP contribution in [0.2, 0.25) is 0 Å². The van der Waals surface area contributed by atoms with Crippen LogP contribution in [0.15, 0.2) is 18.2 Å². The number of Topliss-reactive ketones (excluding diaryl/α,β-unsaturated/α-hetero) is 1. The van der Waals surface area contributed by atoms with Crippen molar-refractivity contribution < 1.29 is 28.5 Å². The number of ketones is 1. The molecule has 1 aromatic heterocycles. The second kappa shape index (κ2) is 7.14. The number of fused-ring (bicyclic) bond motifs is 1. The highest BCUT2D eigenvalue weighted by molar-refractivity contribution is 7.12. The summed E-state index contributed by atoms with van der Waals surface area (Å²) in [6, 6.07) is 4.85. The Kier molecular flexibility index (Phi) is 4.94. The van der Waals surface area contributed by atoms with Crippen LogP contribution in [0.1, 0.15) is 30.5 Å². The van der Waals surface area contributed by atoms with Gasteiger partial charge in [0.1, 0.15) is 13.2 Å². The third kappa shape index (κ3) is 3.61. The summed E-state index contributed by atoms with van der Waals surface area (Å²) in [4.78, 5) is 26.5. The van der Waals surface area contributed by atoms with Crippen LogP contribution in [0.4, 0.5) is 0 Å². The molecule has 0 saturated carbocycles. The fourth-order valence-corrected chi connectivity index (χ4v) is 3.53. The maximum atomic E-state index is 12.3. The van der Waals surface area contributed by atoms with E-state index in [1.807, 2.05) is 19.9 Å². The third-order valence-corrected chi connectivity index (χ3v) is 4.71. The molecule has 6 nitrogen and oxygen atoms in total. The number of thiophene rings is 1. The number of benzene rings is 1. The summed E-state index contributed by atoms with van der Waals surface area (Å²) in [7, 11) is 1.48. The smallest absolute Gasteiger partial charge is 0.338 e. The topological polar surface area (TPSA) is 71.1 Å². The molecule has 0 aliphatic carbocycles. The third-order valence-electron chi connectivity index (χ3n) is 3.74. The number of aryl methyl sites for hydroxylation is 2. The van der Waals surface area contributed by atoms with Crippen molar-refractivity contribution in [2.75, 3.05) is 26.9 Å². The summed E-state index contributed by atoms with van der Waals surface area (Å²) < 4.78 is 21.4. The number of hydrogen-bond donors (Lipinski definition) is 0. The molecular formula is C18H18O6S. The van der Waals surface area contributed by atoms with Crippen molar-refractivity contribution in [3.8, 4) is 17.2 Å². The SMILES string of the molecule is COc1cc(C(=O)OCC(=O)c2cc(C)sc2C)cc2c1OCCO2. The van der Waals surface area contributed by atoms with Gasteiger partial charge in [0.05, 0.1) is 12.7 Å². The van der Waals surface area contributed by atoms with E-state index < -0.39 is 5.97 Å². The summed E-state index contributed by atoms with van der Waals surface area (Å²) in [6.07, 6.45) is 0. The van der Waals surface area contributed by atoms with Crippen LogP contribution in [0.25, 0.3) is 0 Å². The molecule has 0 unspecified atom stereocenters. The molecule has 0 saturated heterocycles.